The van der Waals surface area contributed by atoms with Crippen molar-refractivity contribution in [3.8, 4) is 19.7 Å². The van der Waals surface area contributed by atoms with Crippen LogP contribution in [-0.4, -0.2) is 56.8 Å². The van der Waals surface area contributed by atoms with Crippen molar-refractivity contribution in [2.24, 2.45) is 0 Å². The maximum atomic E-state index is 3.98. The Morgan fingerprint density at radius 2 is 0.800 bits per heavy atom. The first-order valence-corrected chi connectivity index (χ1v) is 27.8. The minimum atomic E-state index is -3.29. The van der Waals surface area contributed by atoms with Gasteiger partial charge in [-0.05, 0) is 0 Å². The summed E-state index contributed by atoms with van der Waals surface area (Å²) < 4.78 is 14.3. The van der Waals surface area contributed by atoms with Crippen LogP contribution < -0.4 is 0 Å². The molecule has 2 saturated heterocycles. The van der Waals surface area contributed by atoms with Crippen molar-refractivity contribution >= 4 is 51.9 Å². The van der Waals surface area contributed by atoms with Gasteiger partial charge in [0.15, 0.2) is 0 Å². The normalized spacial score (nSPS) is 27.3. The molecule has 140 valence electrons. The van der Waals surface area contributed by atoms with Crippen LogP contribution in [0.5, 0.6) is 0 Å². The molecule has 0 aromatic rings. The van der Waals surface area contributed by atoms with E-state index in [1.165, 1.54) is 24.2 Å². The molecule has 0 aromatic heterocycles. The summed E-state index contributed by atoms with van der Waals surface area (Å²) in [5.74, 6) is 6.89. The Bertz CT molecular complexity index is 574. The first-order chi connectivity index (χ1) is 11.3. The fourth-order valence-corrected chi connectivity index (χ4v) is 80.6. The van der Waals surface area contributed by atoms with E-state index >= 15 is 0 Å². The standard InChI is InChI=1S/2C6H16NSi2.2C3H3.Sn/c2*1-8(2)5-6-9(3,4)7-8;2*1-3-2;/h2*5-6H2,1-4H3;2*1H3;/q2*-1;;;+2. The van der Waals surface area contributed by atoms with Crippen LogP contribution in [0.4, 0.5) is 0 Å². The van der Waals surface area contributed by atoms with Crippen molar-refractivity contribution in [1.29, 1.82) is 0 Å². The fourth-order valence-electron chi connectivity index (χ4n) is 5.77. The van der Waals surface area contributed by atoms with Gasteiger partial charge in [-0.2, -0.15) is 0 Å². The van der Waals surface area contributed by atoms with Crippen molar-refractivity contribution in [3.63, 3.8) is 0 Å². The summed E-state index contributed by atoms with van der Waals surface area (Å²) in [6.07, 6.45) is 0. The Morgan fingerprint density at radius 1 is 0.560 bits per heavy atom. The topological polar surface area (TPSA) is 6.48 Å². The molecule has 2 nitrogen and oxygen atoms in total. The van der Waals surface area contributed by atoms with E-state index in [1.807, 2.05) is 0 Å². The molecular formula is C18H38N2Si4Sn. The van der Waals surface area contributed by atoms with Crippen molar-refractivity contribution < 1.29 is 0 Å². The van der Waals surface area contributed by atoms with Crippen LogP contribution in [-0.2, 0) is 0 Å². The summed E-state index contributed by atoms with van der Waals surface area (Å²) in [5.41, 5.74) is 0. The molecule has 0 aliphatic carbocycles. The molecule has 0 aromatic carbocycles. The molecule has 25 heavy (non-hydrogen) atoms. The van der Waals surface area contributed by atoms with Crippen molar-refractivity contribution in [3.05, 3.63) is 0 Å². The van der Waals surface area contributed by atoms with Gasteiger partial charge in [0.25, 0.3) is 0 Å². The van der Waals surface area contributed by atoms with E-state index in [2.05, 4.69) is 90.8 Å². The first-order valence-electron chi connectivity index (χ1n) is 9.76. The summed E-state index contributed by atoms with van der Waals surface area (Å²) in [7, 11) is -5.69. The van der Waals surface area contributed by atoms with Crippen LogP contribution in [0.25, 0.3) is 0 Å². The average Bonchev–Trinajstić information content (AvgIpc) is 2.79. The molecule has 0 spiro atoms. The van der Waals surface area contributed by atoms with Crippen LogP contribution >= 0.6 is 0 Å². The third-order valence-corrected chi connectivity index (χ3v) is 61.9. The zero-order chi connectivity index (χ0) is 19.3. The number of hydrogen-bond donors (Lipinski definition) is 0. The van der Waals surface area contributed by atoms with Gasteiger partial charge in [-0.1, -0.05) is 0 Å². The zero-order valence-corrected chi connectivity index (χ0v) is 25.1. The molecule has 0 atom stereocenters. The molecule has 0 unspecified atom stereocenters. The van der Waals surface area contributed by atoms with E-state index in [9.17, 15) is 0 Å². The monoisotopic (exact) mass is 514 g/mol. The minimum absolute atomic E-state index is 1.42. The second kappa shape index (κ2) is 6.95. The number of hydrogen-bond acceptors (Lipinski definition) is 2. The summed E-state index contributed by atoms with van der Waals surface area (Å²) >= 11 is -3.29. The van der Waals surface area contributed by atoms with Gasteiger partial charge in [0.1, 0.15) is 0 Å². The van der Waals surface area contributed by atoms with Crippen LogP contribution in [0, 0.1) is 19.7 Å². The van der Waals surface area contributed by atoms with E-state index in [0.717, 1.165) is 0 Å². The molecule has 0 amide bonds. The number of nitrogens with zero attached hydrogens (tertiary/aromatic N) is 2. The van der Waals surface area contributed by atoms with Crippen molar-refractivity contribution in [2.75, 3.05) is 0 Å². The predicted molar refractivity (Wildman–Crippen MR) is 125 cm³/mol. The first kappa shape index (κ1) is 22.0. The van der Waals surface area contributed by atoms with E-state index in [0.29, 0.717) is 0 Å². The second-order valence-electron chi connectivity index (χ2n) is 10.3. The summed E-state index contributed by atoms with van der Waals surface area (Å²) in [6.45, 7) is 25.1. The Labute approximate surface area is 166 Å². The van der Waals surface area contributed by atoms with Gasteiger partial charge in [-0.15, -0.1) is 0 Å². The average molecular weight is 514 g/mol. The van der Waals surface area contributed by atoms with Crippen LogP contribution in [0.15, 0.2) is 0 Å². The summed E-state index contributed by atoms with van der Waals surface area (Å²) in [6, 6.07) is 5.83. The van der Waals surface area contributed by atoms with Gasteiger partial charge in [0, 0.05) is 0 Å². The Balaban J connectivity index is 2.83. The molecule has 2 fully saturated rings. The van der Waals surface area contributed by atoms with E-state index in [1.54, 1.807) is 0 Å². The SMILES string of the molecule is CC#[C][Sn]([C]#CC)([N]1[Si](C)(C)CC[Si]1(C)C)[N]1[Si](C)(C)CC[Si]1(C)C. The van der Waals surface area contributed by atoms with Crippen LogP contribution in [0.3, 0.4) is 0 Å². The predicted octanol–water partition coefficient (Wildman–Crippen LogP) is 5.01. The van der Waals surface area contributed by atoms with Gasteiger partial charge >= 0.3 is 167 Å². The van der Waals surface area contributed by atoms with Gasteiger partial charge in [0.2, 0.25) is 0 Å². The van der Waals surface area contributed by atoms with Gasteiger partial charge < -0.3 is 0 Å². The summed E-state index contributed by atoms with van der Waals surface area (Å²) in [5, 5.41) is 0. The van der Waals surface area contributed by atoms with E-state index in [4.69, 9.17) is 0 Å². The Hall–Kier alpha value is 0.706. The molecule has 2 rings (SSSR count). The summed E-state index contributed by atoms with van der Waals surface area (Å²) in [4.78, 5) is 0. The molecule has 2 heterocycles. The van der Waals surface area contributed by atoms with Crippen molar-refractivity contribution in [1.82, 2.24) is 4.91 Å². The molecule has 0 saturated carbocycles. The maximum absolute atomic E-state index is 3.98. The number of rotatable bonds is 2. The van der Waals surface area contributed by atoms with Crippen molar-refractivity contribution in [2.45, 2.75) is 90.4 Å². The quantitative estimate of drug-likeness (QED) is 0.379. The van der Waals surface area contributed by atoms with Gasteiger partial charge in [-0.3, -0.25) is 0 Å². The molecule has 2 aliphatic rings. The fraction of sp³-hybridized carbons (Fsp3) is 0.778. The zero-order valence-electron chi connectivity index (χ0n) is 18.2. The van der Waals surface area contributed by atoms with Crippen LogP contribution in [0.1, 0.15) is 13.8 Å². The van der Waals surface area contributed by atoms with E-state index in [-0.39, 0.29) is 0 Å². The molecule has 0 N–H and O–H groups in total. The van der Waals surface area contributed by atoms with Gasteiger partial charge in [-0.25, -0.2) is 0 Å². The molecule has 2 aliphatic heterocycles. The Morgan fingerprint density at radius 3 is 1.00 bits per heavy atom. The molecular weight excluding hydrogens is 475 g/mol. The third kappa shape index (κ3) is 3.70. The molecule has 0 bridgehead atoms. The Kier molecular flexibility index (Phi) is 6.11. The molecule has 7 heteroatoms. The third-order valence-electron chi connectivity index (χ3n) is 6.36. The van der Waals surface area contributed by atoms with E-state index < -0.39 is 51.9 Å². The second-order valence-corrected chi connectivity index (χ2v) is 42.4. The van der Waals surface area contributed by atoms with Gasteiger partial charge in [0.05, 0.1) is 0 Å². The van der Waals surface area contributed by atoms with Crippen LogP contribution in [0.2, 0.25) is 76.6 Å². The molecule has 0 radical (unpaired) electrons.